The maximum Gasteiger partial charge on any atom is 0.315 e. The normalized spacial score (nSPS) is 10.7. The molecular formula is C18H18ClN5OS. The second kappa shape index (κ2) is 7.80. The average Bonchev–Trinajstić information content (AvgIpc) is 2.62. The minimum Gasteiger partial charge on any atom is -0.334 e. The van der Waals surface area contributed by atoms with E-state index < -0.39 is 5.56 Å². The fraction of sp³-hybridized carbons (Fsp3) is 0.167. The first-order valence-electron chi connectivity index (χ1n) is 7.91. The summed E-state index contributed by atoms with van der Waals surface area (Å²) in [6.07, 6.45) is 0. The Bertz CT molecular complexity index is 1010. The van der Waals surface area contributed by atoms with Gasteiger partial charge in [-0.1, -0.05) is 59.3 Å². The van der Waals surface area contributed by atoms with Crippen molar-refractivity contribution in [3.8, 4) is 0 Å². The van der Waals surface area contributed by atoms with Gasteiger partial charge in [0.1, 0.15) is 0 Å². The molecule has 0 aliphatic carbocycles. The molecule has 0 amide bonds. The first kappa shape index (κ1) is 18.3. The summed E-state index contributed by atoms with van der Waals surface area (Å²) < 4.78 is 1.01. The molecule has 0 saturated heterocycles. The summed E-state index contributed by atoms with van der Waals surface area (Å²) in [6.45, 7) is 3.89. The molecule has 8 heteroatoms. The minimum absolute atomic E-state index is 0.0535. The van der Waals surface area contributed by atoms with E-state index in [-0.39, 0.29) is 5.82 Å². The zero-order valence-electron chi connectivity index (χ0n) is 14.4. The summed E-state index contributed by atoms with van der Waals surface area (Å²) in [7, 11) is 0. The van der Waals surface area contributed by atoms with Gasteiger partial charge in [0.15, 0.2) is 0 Å². The van der Waals surface area contributed by atoms with Gasteiger partial charge < -0.3 is 11.2 Å². The molecule has 0 radical (unpaired) electrons. The highest BCUT2D eigenvalue weighted by Crippen LogP contribution is 2.25. The van der Waals surface area contributed by atoms with E-state index in [0.29, 0.717) is 21.6 Å². The first-order valence-corrected chi connectivity index (χ1v) is 9.27. The lowest BCUT2D eigenvalue weighted by Gasteiger charge is -2.11. The third-order valence-corrected chi connectivity index (χ3v) is 5.26. The molecule has 3 N–H and O–H groups in total. The van der Waals surface area contributed by atoms with Crippen LogP contribution in [0.5, 0.6) is 0 Å². The molecule has 2 aromatic carbocycles. The molecule has 0 saturated carbocycles. The summed E-state index contributed by atoms with van der Waals surface area (Å²) in [6, 6.07) is 13.5. The van der Waals surface area contributed by atoms with Crippen molar-refractivity contribution in [3.63, 3.8) is 0 Å². The summed E-state index contributed by atoms with van der Waals surface area (Å²) in [4.78, 5) is 12.5. The number of aromatic nitrogens is 3. The highest BCUT2D eigenvalue weighted by Gasteiger charge is 2.12. The van der Waals surface area contributed by atoms with Crippen LogP contribution in [0.1, 0.15) is 16.7 Å². The summed E-state index contributed by atoms with van der Waals surface area (Å²) in [5.74, 6) is 6.61. The van der Waals surface area contributed by atoms with Crippen LogP contribution < -0.4 is 16.7 Å². The maximum absolute atomic E-state index is 12.5. The predicted molar refractivity (Wildman–Crippen MR) is 107 cm³/mol. The van der Waals surface area contributed by atoms with Crippen molar-refractivity contribution >= 4 is 34.9 Å². The molecule has 6 nitrogen and oxygen atoms in total. The standard InChI is InChI=1S/C18H18ClN5OS/c1-11-5-3-6-13(9-11)10-26-18-23-22-16(17(25)24(18)20)21-15-8-4-7-14(19)12(15)2/h3-9H,10,20H2,1-2H3,(H,21,22). The fourth-order valence-corrected chi connectivity index (χ4v) is 3.35. The number of halogens is 1. The SMILES string of the molecule is Cc1cccc(CSc2nnc(Nc3cccc(Cl)c3C)c(=O)n2N)c1. The van der Waals surface area contributed by atoms with E-state index >= 15 is 0 Å². The lowest BCUT2D eigenvalue weighted by atomic mass is 10.2. The monoisotopic (exact) mass is 387 g/mol. The highest BCUT2D eigenvalue weighted by atomic mass is 35.5. The van der Waals surface area contributed by atoms with E-state index in [2.05, 4.69) is 21.6 Å². The Morgan fingerprint density at radius 2 is 1.96 bits per heavy atom. The molecule has 3 rings (SSSR count). The lowest BCUT2D eigenvalue weighted by molar-refractivity contribution is 0.705. The Morgan fingerprint density at radius 3 is 2.73 bits per heavy atom. The summed E-state index contributed by atoms with van der Waals surface area (Å²) in [5.41, 5.74) is 3.35. The number of nitrogens with one attached hydrogen (secondary N) is 1. The van der Waals surface area contributed by atoms with Gasteiger partial charge in [0.05, 0.1) is 0 Å². The fourth-order valence-electron chi connectivity index (χ4n) is 2.38. The number of hydrogen-bond donors (Lipinski definition) is 2. The van der Waals surface area contributed by atoms with Crippen molar-refractivity contribution in [1.29, 1.82) is 0 Å². The Hall–Kier alpha value is -2.51. The van der Waals surface area contributed by atoms with Gasteiger partial charge in [0.2, 0.25) is 11.0 Å². The Labute approximate surface area is 160 Å². The summed E-state index contributed by atoms with van der Waals surface area (Å²) >= 11 is 7.46. The molecule has 3 aromatic rings. The number of rotatable bonds is 5. The van der Waals surface area contributed by atoms with E-state index in [0.717, 1.165) is 15.8 Å². The first-order chi connectivity index (χ1) is 12.5. The molecule has 0 atom stereocenters. The van der Waals surface area contributed by atoms with Gasteiger partial charge in [-0.2, -0.15) is 4.68 Å². The molecule has 26 heavy (non-hydrogen) atoms. The predicted octanol–water partition coefficient (Wildman–Crippen LogP) is 3.66. The molecule has 0 unspecified atom stereocenters. The largest absolute Gasteiger partial charge is 0.334 e. The quantitative estimate of drug-likeness (QED) is 0.513. The molecule has 0 aliphatic heterocycles. The van der Waals surface area contributed by atoms with Crippen LogP contribution in [0.4, 0.5) is 11.5 Å². The zero-order valence-corrected chi connectivity index (χ0v) is 15.9. The Morgan fingerprint density at radius 1 is 1.19 bits per heavy atom. The van der Waals surface area contributed by atoms with Crippen LogP contribution in [0.3, 0.4) is 0 Å². The molecule has 0 aliphatic rings. The van der Waals surface area contributed by atoms with Gasteiger partial charge in [-0.15, -0.1) is 10.2 Å². The molecule has 0 bridgehead atoms. The van der Waals surface area contributed by atoms with Crippen LogP contribution >= 0.6 is 23.4 Å². The topological polar surface area (TPSA) is 85.8 Å². The van der Waals surface area contributed by atoms with Crippen LogP contribution in [-0.4, -0.2) is 14.9 Å². The van der Waals surface area contributed by atoms with Gasteiger partial charge in [-0.05, 0) is 37.1 Å². The average molecular weight is 388 g/mol. The molecule has 0 fully saturated rings. The molecule has 0 spiro atoms. The van der Waals surface area contributed by atoms with E-state index in [1.54, 1.807) is 12.1 Å². The van der Waals surface area contributed by atoms with Gasteiger partial charge in [0.25, 0.3) is 0 Å². The Balaban J connectivity index is 1.80. The van der Waals surface area contributed by atoms with Gasteiger partial charge in [-0.3, -0.25) is 4.79 Å². The van der Waals surface area contributed by atoms with Gasteiger partial charge in [-0.25, -0.2) is 0 Å². The number of thioether (sulfide) groups is 1. The van der Waals surface area contributed by atoms with Crippen LogP contribution in [0, 0.1) is 13.8 Å². The number of benzene rings is 2. The minimum atomic E-state index is -0.453. The van der Waals surface area contributed by atoms with E-state index in [1.807, 2.05) is 38.1 Å². The van der Waals surface area contributed by atoms with Crippen molar-refractivity contribution in [2.45, 2.75) is 24.8 Å². The number of anilines is 2. The lowest BCUT2D eigenvalue weighted by Crippen LogP contribution is -2.32. The number of nitrogens with zero attached hydrogens (tertiary/aromatic N) is 3. The zero-order chi connectivity index (χ0) is 18.7. The Kier molecular flexibility index (Phi) is 5.49. The van der Waals surface area contributed by atoms with Crippen LogP contribution in [0.2, 0.25) is 5.02 Å². The molecule has 1 heterocycles. The van der Waals surface area contributed by atoms with Crippen molar-refractivity contribution in [3.05, 3.63) is 74.5 Å². The van der Waals surface area contributed by atoms with Crippen LogP contribution in [0.25, 0.3) is 0 Å². The maximum atomic E-state index is 12.5. The summed E-state index contributed by atoms with van der Waals surface area (Å²) in [5, 5.41) is 12.0. The van der Waals surface area contributed by atoms with Crippen molar-refractivity contribution < 1.29 is 0 Å². The van der Waals surface area contributed by atoms with Crippen molar-refractivity contribution in [2.75, 3.05) is 11.2 Å². The molecular weight excluding hydrogens is 370 g/mol. The van der Waals surface area contributed by atoms with Gasteiger partial charge >= 0.3 is 5.56 Å². The van der Waals surface area contributed by atoms with E-state index in [1.165, 1.54) is 17.3 Å². The van der Waals surface area contributed by atoms with E-state index in [9.17, 15) is 4.79 Å². The second-order valence-electron chi connectivity index (χ2n) is 5.82. The van der Waals surface area contributed by atoms with Crippen molar-refractivity contribution in [2.24, 2.45) is 0 Å². The second-order valence-corrected chi connectivity index (χ2v) is 7.17. The van der Waals surface area contributed by atoms with Crippen LogP contribution in [-0.2, 0) is 5.75 Å². The van der Waals surface area contributed by atoms with Crippen molar-refractivity contribution in [1.82, 2.24) is 14.9 Å². The highest BCUT2D eigenvalue weighted by molar-refractivity contribution is 7.98. The number of nitrogens with two attached hydrogens (primary N) is 1. The van der Waals surface area contributed by atoms with E-state index in [4.69, 9.17) is 17.4 Å². The third kappa shape index (κ3) is 4.00. The number of nitrogen functional groups attached to an aromatic ring is 1. The third-order valence-electron chi connectivity index (χ3n) is 3.83. The van der Waals surface area contributed by atoms with Crippen LogP contribution in [0.15, 0.2) is 52.4 Å². The van der Waals surface area contributed by atoms with Gasteiger partial charge in [0, 0.05) is 16.5 Å². The number of hydrogen-bond acceptors (Lipinski definition) is 6. The molecule has 134 valence electrons. The smallest absolute Gasteiger partial charge is 0.315 e. The molecule has 1 aromatic heterocycles. The number of aryl methyl sites for hydroxylation is 1.